The third-order valence-corrected chi connectivity index (χ3v) is 5.41. The van der Waals surface area contributed by atoms with Gasteiger partial charge in [-0.25, -0.2) is 4.79 Å². The molecule has 1 heterocycles. The molecule has 3 aromatic rings. The Balaban J connectivity index is 1.44. The van der Waals surface area contributed by atoms with Crippen molar-refractivity contribution in [3.63, 3.8) is 0 Å². The number of benzene rings is 3. The van der Waals surface area contributed by atoms with E-state index < -0.39 is 29.8 Å². The number of hydrogen-bond donors (Lipinski definition) is 1. The fourth-order valence-corrected chi connectivity index (χ4v) is 3.51. The summed E-state index contributed by atoms with van der Waals surface area (Å²) < 4.78 is 5.25. The maximum atomic E-state index is 12.8. The molecule has 4 rings (SSSR count). The van der Waals surface area contributed by atoms with Gasteiger partial charge in [0.1, 0.15) is 0 Å². The van der Waals surface area contributed by atoms with E-state index in [1.807, 2.05) is 30.3 Å². The van der Waals surface area contributed by atoms with Crippen molar-refractivity contribution in [1.29, 1.82) is 0 Å². The number of carbonyl (C=O) groups excluding carboxylic acids is 4. The van der Waals surface area contributed by atoms with Crippen LogP contribution < -0.4 is 5.32 Å². The minimum Gasteiger partial charge on any atom is -0.449 e. The summed E-state index contributed by atoms with van der Waals surface area (Å²) in [7, 11) is 0. The first-order valence-electron chi connectivity index (χ1n) is 10.1. The van der Waals surface area contributed by atoms with E-state index in [0.717, 1.165) is 10.5 Å². The van der Waals surface area contributed by atoms with E-state index >= 15 is 0 Å². The van der Waals surface area contributed by atoms with Crippen molar-refractivity contribution >= 4 is 41.0 Å². The van der Waals surface area contributed by atoms with Crippen LogP contribution in [0.5, 0.6) is 0 Å². The molecule has 1 N–H and O–H groups in total. The molecule has 0 radical (unpaired) electrons. The quantitative estimate of drug-likeness (QED) is 0.435. The molecule has 0 aliphatic carbocycles. The van der Waals surface area contributed by atoms with Crippen LogP contribution in [0.15, 0.2) is 72.8 Å². The summed E-state index contributed by atoms with van der Waals surface area (Å²) in [6, 6.07) is 19.8. The predicted molar refractivity (Wildman–Crippen MR) is 122 cm³/mol. The largest absolute Gasteiger partial charge is 0.449 e. The van der Waals surface area contributed by atoms with Crippen LogP contribution in [0, 0.1) is 0 Å². The zero-order valence-corrected chi connectivity index (χ0v) is 18.3. The molecular weight excluding hydrogens is 444 g/mol. The first-order valence-corrected chi connectivity index (χ1v) is 10.5. The number of nitrogens with zero attached hydrogens (tertiary/aromatic N) is 1. The number of fused-ring (bicyclic) bond motifs is 1. The molecule has 8 heteroatoms. The van der Waals surface area contributed by atoms with Crippen LogP contribution in [-0.2, 0) is 16.1 Å². The summed E-state index contributed by atoms with van der Waals surface area (Å²) in [5, 5.41) is 3.16. The van der Waals surface area contributed by atoms with Crippen LogP contribution in [0.1, 0.15) is 43.6 Å². The molecular formula is C25H19ClN2O5. The summed E-state index contributed by atoms with van der Waals surface area (Å²) in [5.74, 6) is -2.21. The highest BCUT2D eigenvalue weighted by Gasteiger charge is 2.36. The molecule has 3 amide bonds. The van der Waals surface area contributed by atoms with Crippen molar-refractivity contribution in [3.05, 3.63) is 100 Å². The molecule has 0 fully saturated rings. The Morgan fingerprint density at radius 2 is 1.61 bits per heavy atom. The van der Waals surface area contributed by atoms with E-state index in [2.05, 4.69) is 5.32 Å². The van der Waals surface area contributed by atoms with Gasteiger partial charge in [-0.05, 0) is 55.0 Å². The number of ether oxygens (including phenoxy) is 1. The lowest BCUT2D eigenvalue weighted by atomic mass is 10.1. The highest BCUT2D eigenvalue weighted by molar-refractivity contribution is 6.30. The van der Waals surface area contributed by atoms with Crippen molar-refractivity contribution < 1.29 is 23.9 Å². The van der Waals surface area contributed by atoms with E-state index in [4.69, 9.17) is 16.3 Å². The van der Waals surface area contributed by atoms with Gasteiger partial charge in [-0.1, -0.05) is 41.9 Å². The van der Waals surface area contributed by atoms with Crippen LogP contribution in [0.4, 0.5) is 5.69 Å². The van der Waals surface area contributed by atoms with Crippen molar-refractivity contribution in [2.24, 2.45) is 0 Å². The van der Waals surface area contributed by atoms with Crippen molar-refractivity contribution in [2.75, 3.05) is 5.32 Å². The lowest BCUT2D eigenvalue weighted by Crippen LogP contribution is -2.30. The van der Waals surface area contributed by atoms with Gasteiger partial charge in [-0.2, -0.15) is 0 Å². The van der Waals surface area contributed by atoms with Gasteiger partial charge in [-0.15, -0.1) is 0 Å². The van der Waals surface area contributed by atoms with Crippen molar-refractivity contribution in [1.82, 2.24) is 4.90 Å². The Kier molecular flexibility index (Phi) is 6.24. The van der Waals surface area contributed by atoms with E-state index in [0.29, 0.717) is 10.7 Å². The van der Waals surface area contributed by atoms with Crippen molar-refractivity contribution in [3.8, 4) is 0 Å². The summed E-state index contributed by atoms with van der Waals surface area (Å²) >= 11 is 5.83. The molecule has 7 nitrogen and oxygen atoms in total. The third kappa shape index (κ3) is 4.78. The maximum absolute atomic E-state index is 12.8. The molecule has 0 saturated carbocycles. The highest BCUT2D eigenvalue weighted by atomic mass is 35.5. The number of carbonyl (C=O) groups is 4. The van der Waals surface area contributed by atoms with Crippen LogP contribution >= 0.6 is 11.6 Å². The molecule has 33 heavy (non-hydrogen) atoms. The van der Waals surface area contributed by atoms with Gasteiger partial charge >= 0.3 is 5.97 Å². The first kappa shape index (κ1) is 22.2. The van der Waals surface area contributed by atoms with Gasteiger partial charge in [0.25, 0.3) is 17.7 Å². The average molecular weight is 463 g/mol. The topological polar surface area (TPSA) is 92.8 Å². The molecule has 1 aliphatic heterocycles. The second kappa shape index (κ2) is 9.26. The second-order valence-corrected chi connectivity index (χ2v) is 7.92. The van der Waals surface area contributed by atoms with E-state index in [9.17, 15) is 19.2 Å². The molecule has 0 aromatic heterocycles. The van der Waals surface area contributed by atoms with Gasteiger partial charge < -0.3 is 10.1 Å². The van der Waals surface area contributed by atoms with Gasteiger partial charge in [0.05, 0.1) is 23.2 Å². The zero-order valence-electron chi connectivity index (χ0n) is 17.6. The summed E-state index contributed by atoms with van der Waals surface area (Å²) in [6.07, 6.45) is -1.09. The number of halogens is 1. The Labute approximate surface area is 194 Å². The second-order valence-electron chi connectivity index (χ2n) is 7.49. The third-order valence-electron chi connectivity index (χ3n) is 5.15. The fraction of sp³-hybridized carbons (Fsp3) is 0.120. The number of imide groups is 1. The minimum absolute atomic E-state index is 0.0719. The van der Waals surface area contributed by atoms with E-state index in [-0.39, 0.29) is 23.2 Å². The number of amides is 3. The molecule has 166 valence electrons. The average Bonchev–Trinajstić information content (AvgIpc) is 3.05. The summed E-state index contributed by atoms with van der Waals surface area (Å²) in [6.45, 7) is 1.57. The molecule has 1 unspecified atom stereocenters. The van der Waals surface area contributed by atoms with Gasteiger partial charge in [-0.3, -0.25) is 19.3 Å². The van der Waals surface area contributed by atoms with Crippen LogP contribution in [0.25, 0.3) is 0 Å². The molecule has 1 aliphatic rings. The van der Waals surface area contributed by atoms with Crippen LogP contribution in [0.3, 0.4) is 0 Å². The van der Waals surface area contributed by atoms with Gasteiger partial charge in [0, 0.05) is 10.7 Å². The summed E-state index contributed by atoms with van der Waals surface area (Å²) in [4.78, 5) is 51.6. The summed E-state index contributed by atoms with van der Waals surface area (Å²) in [5.41, 5.74) is 1.74. The zero-order chi connectivity index (χ0) is 23.5. The smallest absolute Gasteiger partial charge is 0.338 e. The molecule has 1 atom stereocenters. The van der Waals surface area contributed by atoms with Crippen LogP contribution in [-0.4, -0.2) is 34.7 Å². The monoisotopic (exact) mass is 462 g/mol. The Morgan fingerprint density at radius 3 is 2.30 bits per heavy atom. The standard InChI is InChI=1S/C25H19ClN2O5/c1-15(22(29)27-19-10-8-18(26)9-11-19)33-25(32)17-7-12-20-21(13-17)24(31)28(23(20)30)14-16-5-3-2-4-6-16/h2-13,15H,14H2,1H3,(H,27,29). The van der Waals surface area contributed by atoms with E-state index in [1.165, 1.54) is 25.1 Å². The van der Waals surface area contributed by atoms with Gasteiger partial charge in [0.15, 0.2) is 6.10 Å². The van der Waals surface area contributed by atoms with E-state index in [1.54, 1.807) is 24.3 Å². The molecule has 0 bridgehead atoms. The first-order chi connectivity index (χ1) is 15.8. The normalized spacial score (nSPS) is 13.5. The Bertz CT molecular complexity index is 1240. The maximum Gasteiger partial charge on any atom is 0.338 e. The highest BCUT2D eigenvalue weighted by Crippen LogP contribution is 2.26. The number of anilines is 1. The molecule has 3 aromatic carbocycles. The number of esters is 1. The predicted octanol–water partition coefficient (Wildman–Crippen LogP) is 4.32. The minimum atomic E-state index is -1.09. The number of hydrogen-bond acceptors (Lipinski definition) is 5. The van der Waals surface area contributed by atoms with Crippen LogP contribution in [0.2, 0.25) is 5.02 Å². The Morgan fingerprint density at radius 1 is 0.939 bits per heavy atom. The molecule has 0 spiro atoms. The molecule has 0 saturated heterocycles. The SMILES string of the molecule is CC(OC(=O)c1ccc2c(c1)C(=O)N(Cc1ccccc1)C2=O)C(=O)Nc1ccc(Cl)cc1. The van der Waals surface area contributed by atoms with Crippen molar-refractivity contribution in [2.45, 2.75) is 19.6 Å². The fourth-order valence-electron chi connectivity index (χ4n) is 3.39. The number of nitrogens with one attached hydrogen (secondary N) is 1. The van der Waals surface area contributed by atoms with Gasteiger partial charge in [0.2, 0.25) is 0 Å². The number of rotatable bonds is 6. The Hall–Kier alpha value is -3.97. The lowest BCUT2D eigenvalue weighted by molar-refractivity contribution is -0.123. The lowest BCUT2D eigenvalue weighted by Gasteiger charge is -2.14.